The lowest BCUT2D eigenvalue weighted by molar-refractivity contribution is -0.118. The molecule has 1 unspecified atom stereocenters. The molecule has 1 aliphatic rings. The summed E-state index contributed by atoms with van der Waals surface area (Å²) in [5, 5.41) is 0.216. The summed E-state index contributed by atoms with van der Waals surface area (Å²) in [6.07, 6.45) is 4.68. The molecule has 2 nitrogen and oxygen atoms in total. The van der Waals surface area contributed by atoms with Crippen LogP contribution in [0.2, 0.25) is 18.1 Å². The predicted molar refractivity (Wildman–Crippen MR) is 95.1 cm³/mol. The molecule has 122 valence electrons. The van der Waals surface area contributed by atoms with Crippen LogP contribution < -0.4 is 4.43 Å². The first-order valence-electron chi connectivity index (χ1n) is 8.50. The summed E-state index contributed by atoms with van der Waals surface area (Å²) in [4.78, 5) is 11.5. The average Bonchev–Trinajstić information content (AvgIpc) is 2.63. The van der Waals surface area contributed by atoms with Crippen LogP contribution in [0.3, 0.4) is 0 Å². The normalized spacial score (nSPS) is 20.6. The Balaban J connectivity index is 2.06. The van der Waals surface area contributed by atoms with Crippen molar-refractivity contribution in [2.24, 2.45) is 0 Å². The zero-order valence-corrected chi connectivity index (χ0v) is 15.7. The number of hydrogen-bond donors (Lipinski definition) is 0. The van der Waals surface area contributed by atoms with E-state index in [-0.39, 0.29) is 5.04 Å². The molecule has 22 heavy (non-hydrogen) atoms. The van der Waals surface area contributed by atoms with Crippen LogP contribution in [0, 0.1) is 0 Å². The lowest BCUT2D eigenvalue weighted by Crippen LogP contribution is -2.43. The topological polar surface area (TPSA) is 26.3 Å². The minimum absolute atomic E-state index is 0.216. The van der Waals surface area contributed by atoms with Crippen molar-refractivity contribution in [1.29, 1.82) is 0 Å². The second-order valence-electron chi connectivity index (χ2n) is 8.10. The highest BCUT2D eigenvalue weighted by Crippen LogP contribution is 2.38. The van der Waals surface area contributed by atoms with Gasteiger partial charge < -0.3 is 4.43 Å². The number of benzene rings is 1. The van der Waals surface area contributed by atoms with E-state index < -0.39 is 8.32 Å². The van der Waals surface area contributed by atoms with E-state index >= 15 is 0 Å². The first kappa shape index (κ1) is 17.3. The van der Waals surface area contributed by atoms with E-state index in [0.717, 1.165) is 37.9 Å². The quantitative estimate of drug-likeness (QED) is 0.529. The summed E-state index contributed by atoms with van der Waals surface area (Å²) < 4.78 is 6.34. The third-order valence-corrected chi connectivity index (χ3v) is 9.67. The smallest absolute Gasteiger partial charge is 0.250 e. The molecule has 0 aliphatic heterocycles. The van der Waals surface area contributed by atoms with Crippen LogP contribution in [-0.2, 0) is 4.79 Å². The Bertz CT molecular complexity index is 511. The molecule has 0 amide bonds. The van der Waals surface area contributed by atoms with Gasteiger partial charge in [-0.05, 0) is 61.0 Å². The molecule has 0 spiro atoms. The second kappa shape index (κ2) is 6.57. The van der Waals surface area contributed by atoms with Gasteiger partial charge in [0.2, 0.25) is 8.32 Å². The van der Waals surface area contributed by atoms with Gasteiger partial charge in [-0.15, -0.1) is 0 Å². The molecule has 0 heterocycles. The van der Waals surface area contributed by atoms with E-state index in [1.165, 1.54) is 5.56 Å². The van der Waals surface area contributed by atoms with Crippen molar-refractivity contribution in [2.45, 2.75) is 76.9 Å². The summed E-state index contributed by atoms with van der Waals surface area (Å²) in [5.74, 6) is 1.95. The van der Waals surface area contributed by atoms with E-state index in [4.69, 9.17) is 4.43 Å². The fourth-order valence-corrected chi connectivity index (χ4v) is 3.77. The molecule has 1 aliphatic carbocycles. The maximum absolute atomic E-state index is 11.5. The Kier molecular flexibility index (Phi) is 5.16. The van der Waals surface area contributed by atoms with Gasteiger partial charge in [-0.1, -0.05) is 32.9 Å². The molecule has 0 saturated heterocycles. The minimum atomic E-state index is -1.76. The number of ketones is 1. The first-order valence-corrected chi connectivity index (χ1v) is 11.4. The number of hydrogen-bond acceptors (Lipinski definition) is 2. The van der Waals surface area contributed by atoms with E-state index in [0.29, 0.717) is 11.7 Å². The molecule has 1 aromatic carbocycles. The number of carbonyl (C=O) groups is 1. The van der Waals surface area contributed by atoms with E-state index in [9.17, 15) is 4.79 Å². The highest BCUT2D eigenvalue weighted by Gasteiger charge is 2.38. The van der Waals surface area contributed by atoms with E-state index in [1.54, 1.807) is 0 Å². The largest absolute Gasteiger partial charge is 0.544 e. The zero-order chi connectivity index (χ0) is 16.4. The summed E-state index contributed by atoms with van der Waals surface area (Å²) in [5.41, 5.74) is 1.36. The maximum Gasteiger partial charge on any atom is 0.250 e. The predicted octanol–water partition coefficient (Wildman–Crippen LogP) is 5.69. The van der Waals surface area contributed by atoms with Crippen molar-refractivity contribution < 1.29 is 9.22 Å². The molecule has 3 heteroatoms. The summed E-state index contributed by atoms with van der Waals surface area (Å²) in [6.45, 7) is 11.3. The van der Waals surface area contributed by atoms with Crippen molar-refractivity contribution in [3.63, 3.8) is 0 Å². The first-order chi connectivity index (χ1) is 10.2. The third kappa shape index (κ3) is 4.22. The molecule has 0 aromatic heterocycles. The van der Waals surface area contributed by atoms with Gasteiger partial charge >= 0.3 is 0 Å². The molecule has 1 aromatic rings. The molecule has 1 fully saturated rings. The summed E-state index contributed by atoms with van der Waals surface area (Å²) in [7, 11) is -1.76. The van der Waals surface area contributed by atoms with Gasteiger partial charge in [0.15, 0.2) is 0 Å². The van der Waals surface area contributed by atoms with Crippen molar-refractivity contribution in [3.8, 4) is 5.75 Å². The van der Waals surface area contributed by atoms with Crippen molar-refractivity contribution >= 4 is 14.1 Å². The molecule has 1 atom stereocenters. The van der Waals surface area contributed by atoms with Gasteiger partial charge in [0.1, 0.15) is 11.5 Å². The standard InChI is InChI=1S/C19H30O2Si/c1-19(2,3)22(4,5)21-18-13-10-16(11-14-18)15-7-6-8-17(20)12-9-15/h10-11,13-15H,6-9,12H2,1-5H3. The van der Waals surface area contributed by atoms with Crippen LogP contribution in [0.5, 0.6) is 5.75 Å². The van der Waals surface area contributed by atoms with Gasteiger partial charge in [0.05, 0.1) is 0 Å². The SMILES string of the molecule is CC(C)(C)[Si](C)(C)Oc1ccc(C2CCCC(=O)CC2)cc1. The third-order valence-electron chi connectivity index (χ3n) is 5.31. The average molecular weight is 319 g/mol. The fraction of sp³-hybridized carbons (Fsp3) is 0.632. The Morgan fingerprint density at radius 1 is 1.05 bits per heavy atom. The van der Waals surface area contributed by atoms with Crippen molar-refractivity contribution in [3.05, 3.63) is 29.8 Å². The highest BCUT2D eigenvalue weighted by atomic mass is 28.4. The highest BCUT2D eigenvalue weighted by molar-refractivity contribution is 6.74. The Hall–Kier alpha value is -1.09. The summed E-state index contributed by atoms with van der Waals surface area (Å²) in [6, 6.07) is 8.62. The van der Waals surface area contributed by atoms with Gasteiger partial charge in [-0.25, -0.2) is 0 Å². The lowest BCUT2D eigenvalue weighted by atomic mass is 9.92. The van der Waals surface area contributed by atoms with Crippen molar-refractivity contribution in [2.75, 3.05) is 0 Å². The lowest BCUT2D eigenvalue weighted by Gasteiger charge is -2.36. The van der Waals surface area contributed by atoms with Gasteiger partial charge in [-0.2, -0.15) is 0 Å². The van der Waals surface area contributed by atoms with Crippen LogP contribution in [0.4, 0.5) is 0 Å². The summed E-state index contributed by atoms with van der Waals surface area (Å²) >= 11 is 0. The number of carbonyl (C=O) groups excluding carboxylic acids is 1. The Labute approximate surface area is 136 Å². The zero-order valence-electron chi connectivity index (χ0n) is 14.7. The fourth-order valence-electron chi connectivity index (χ4n) is 2.74. The van der Waals surface area contributed by atoms with Crippen LogP contribution in [-0.4, -0.2) is 14.1 Å². The minimum Gasteiger partial charge on any atom is -0.544 e. The molecular weight excluding hydrogens is 288 g/mol. The Morgan fingerprint density at radius 3 is 2.27 bits per heavy atom. The van der Waals surface area contributed by atoms with Crippen LogP contribution in [0.15, 0.2) is 24.3 Å². The maximum atomic E-state index is 11.5. The monoisotopic (exact) mass is 318 g/mol. The molecule has 2 rings (SSSR count). The van der Waals surface area contributed by atoms with Crippen LogP contribution >= 0.6 is 0 Å². The molecular formula is C19H30O2Si. The molecule has 1 saturated carbocycles. The van der Waals surface area contributed by atoms with Crippen LogP contribution in [0.25, 0.3) is 0 Å². The van der Waals surface area contributed by atoms with Crippen molar-refractivity contribution in [1.82, 2.24) is 0 Å². The number of Topliss-reactive ketones (excluding diaryl/α,β-unsaturated/α-hetero) is 1. The molecule has 0 radical (unpaired) electrons. The second-order valence-corrected chi connectivity index (χ2v) is 12.8. The number of rotatable bonds is 3. The van der Waals surface area contributed by atoms with Gasteiger partial charge in [0.25, 0.3) is 0 Å². The van der Waals surface area contributed by atoms with E-state index in [1.807, 2.05) is 0 Å². The Morgan fingerprint density at radius 2 is 1.68 bits per heavy atom. The molecule has 0 bridgehead atoms. The molecule has 0 N–H and O–H groups in total. The van der Waals surface area contributed by atoms with Crippen LogP contribution in [0.1, 0.15) is 64.4 Å². The van der Waals surface area contributed by atoms with Gasteiger partial charge in [0, 0.05) is 12.8 Å². The van der Waals surface area contributed by atoms with Gasteiger partial charge in [-0.3, -0.25) is 4.79 Å². The van der Waals surface area contributed by atoms with E-state index in [2.05, 4.69) is 58.1 Å².